The summed E-state index contributed by atoms with van der Waals surface area (Å²) in [7, 11) is 0. The van der Waals surface area contributed by atoms with E-state index in [2.05, 4.69) is 5.32 Å². The monoisotopic (exact) mass is 233 g/mol. The van der Waals surface area contributed by atoms with E-state index >= 15 is 0 Å². The third kappa shape index (κ3) is 3.68. The molecule has 5 nitrogen and oxygen atoms in total. The molecule has 0 aliphatic heterocycles. The lowest BCUT2D eigenvalue weighted by Crippen LogP contribution is -2.29. The maximum absolute atomic E-state index is 11.2. The summed E-state index contributed by atoms with van der Waals surface area (Å²) in [6, 6.07) is 5.53. The molecule has 0 fully saturated rings. The molecule has 0 unspecified atom stereocenters. The maximum atomic E-state index is 11.2. The largest absolute Gasteiger partial charge is 0.481 e. The summed E-state index contributed by atoms with van der Waals surface area (Å²) in [5.41, 5.74) is 8.24. The number of anilines is 1. The molecule has 0 bridgehead atoms. The predicted molar refractivity (Wildman–Crippen MR) is 64.4 cm³/mol. The Morgan fingerprint density at radius 1 is 1.53 bits per heavy atom. The summed E-state index contributed by atoms with van der Waals surface area (Å²) in [5.74, 6) is 0.175. The molecule has 1 rings (SSSR count). The first-order valence-electron chi connectivity index (χ1n) is 5.17. The van der Waals surface area contributed by atoms with Crippen LogP contribution in [-0.2, 0) is 4.79 Å². The minimum atomic E-state index is -0.342. The van der Waals surface area contributed by atoms with E-state index in [1.54, 1.807) is 6.07 Å². The van der Waals surface area contributed by atoms with Crippen LogP contribution in [0.5, 0.6) is 5.75 Å². The van der Waals surface area contributed by atoms with Gasteiger partial charge in [0.15, 0.2) is 6.61 Å². The minimum Gasteiger partial charge on any atom is -0.481 e. The van der Waals surface area contributed by atoms with Gasteiger partial charge in [-0.1, -0.05) is 6.07 Å². The predicted octanol–water partition coefficient (Wildman–Crippen LogP) is 0.904. The van der Waals surface area contributed by atoms with Gasteiger partial charge in [-0.05, 0) is 31.0 Å². The average Bonchev–Trinajstić information content (AvgIpc) is 2.24. The number of hydrogen-bond donors (Lipinski definition) is 2. The van der Waals surface area contributed by atoms with Gasteiger partial charge < -0.3 is 15.8 Å². The molecule has 1 aromatic carbocycles. The number of nitriles is 1. The normalized spacial score (nSPS) is 9.47. The first-order valence-corrected chi connectivity index (χ1v) is 5.17. The molecule has 17 heavy (non-hydrogen) atoms. The number of nitrogen functional groups attached to an aromatic ring is 1. The molecule has 0 aliphatic rings. The Labute approximate surface area is 100 Å². The lowest BCUT2D eigenvalue weighted by atomic mass is 10.1. The van der Waals surface area contributed by atoms with Crippen LogP contribution in [0.1, 0.15) is 11.1 Å². The Hall–Kier alpha value is -2.22. The van der Waals surface area contributed by atoms with Crippen LogP contribution in [0.2, 0.25) is 0 Å². The Morgan fingerprint density at radius 3 is 2.82 bits per heavy atom. The van der Waals surface area contributed by atoms with Gasteiger partial charge in [0.1, 0.15) is 12.3 Å². The van der Waals surface area contributed by atoms with Crippen molar-refractivity contribution in [3.05, 3.63) is 23.3 Å². The lowest BCUT2D eigenvalue weighted by molar-refractivity contribution is -0.122. The summed E-state index contributed by atoms with van der Waals surface area (Å²) in [5, 5.41) is 10.7. The number of benzene rings is 1. The van der Waals surface area contributed by atoms with Gasteiger partial charge in [-0.25, -0.2) is 0 Å². The summed E-state index contributed by atoms with van der Waals surface area (Å²) in [4.78, 5) is 11.2. The second-order valence-corrected chi connectivity index (χ2v) is 3.72. The van der Waals surface area contributed by atoms with Crippen LogP contribution in [0, 0.1) is 25.2 Å². The van der Waals surface area contributed by atoms with Crippen molar-refractivity contribution in [1.82, 2.24) is 5.32 Å². The van der Waals surface area contributed by atoms with Crippen LogP contribution in [-0.4, -0.2) is 19.1 Å². The fourth-order valence-corrected chi connectivity index (χ4v) is 1.51. The molecule has 90 valence electrons. The molecular formula is C12H15N3O2. The van der Waals surface area contributed by atoms with Crippen molar-refractivity contribution >= 4 is 11.6 Å². The Bertz CT molecular complexity index is 440. The third-order valence-electron chi connectivity index (χ3n) is 2.16. The van der Waals surface area contributed by atoms with Gasteiger partial charge in [-0.2, -0.15) is 5.26 Å². The Kier molecular flexibility index (Phi) is 4.35. The van der Waals surface area contributed by atoms with Gasteiger partial charge in [0.05, 0.1) is 11.8 Å². The number of carbonyl (C=O) groups excluding carboxylic acids is 1. The van der Waals surface area contributed by atoms with Crippen molar-refractivity contribution < 1.29 is 9.53 Å². The zero-order chi connectivity index (χ0) is 12.8. The summed E-state index contributed by atoms with van der Waals surface area (Å²) in [6.07, 6.45) is 0. The highest BCUT2D eigenvalue weighted by molar-refractivity contribution is 5.78. The Morgan fingerprint density at radius 2 is 2.24 bits per heavy atom. The quantitative estimate of drug-likeness (QED) is 0.597. The fraction of sp³-hybridized carbons (Fsp3) is 0.333. The van der Waals surface area contributed by atoms with E-state index in [9.17, 15) is 4.79 Å². The molecule has 0 saturated carbocycles. The Balaban J connectivity index is 2.64. The molecule has 3 N–H and O–H groups in total. The van der Waals surface area contributed by atoms with Gasteiger partial charge in [-0.15, -0.1) is 0 Å². The van der Waals surface area contributed by atoms with E-state index < -0.39 is 0 Å². The number of amides is 1. The smallest absolute Gasteiger partial charge is 0.258 e. The van der Waals surface area contributed by atoms with E-state index in [1.165, 1.54) is 0 Å². The van der Waals surface area contributed by atoms with Crippen molar-refractivity contribution in [2.24, 2.45) is 0 Å². The lowest BCUT2D eigenvalue weighted by Gasteiger charge is -2.12. The SMILES string of the molecule is Cc1cc(C)c(OCC(=O)NCC#N)c(N)c1. The van der Waals surface area contributed by atoms with Crippen molar-refractivity contribution in [1.29, 1.82) is 5.26 Å². The second-order valence-electron chi connectivity index (χ2n) is 3.72. The van der Waals surface area contributed by atoms with Crippen LogP contribution in [0.4, 0.5) is 5.69 Å². The first kappa shape index (κ1) is 12.8. The standard InChI is InChI=1S/C12H15N3O2/c1-8-5-9(2)12(10(14)6-8)17-7-11(16)15-4-3-13/h5-6H,4,7,14H2,1-2H3,(H,15,16). The van der Waals surface area contributed by atoms with E-state index in [4.69, 9.17) is 15.7 Å². The number of hydrogen-bond acceptors (Lipinski definition) is 4. The molecule has 0 aliphatic carbocycles. The van der Waals surface area contributed by atoms with Crippen LogP contribution in [0.15, 0.2) is 12.1 Å². The van der Waals surface area contributed by atoms with Crippen molar-refractivity contribution in [3.63, 3.8) is 0 Å². The fourth-order valence-electron chi connectivity index (χ4n) is 1.51. The van der Waals surface area contributed by atoms with Crippen molar-refractivity contribution in [2.45, 2.75) is 13.8 Å². The molecular weight excluding hydrogens is 218 g/mol. The van der Waals surface area contributed by atoms with E-state index in [1.807, 2.05) is 26.0 Å². The average molecular weight is 233 g/mol. The van der Waals surface area contributed by atoms with Gasteiger partial charge in [0, 0.05) is 0 Å². The van der Waals surface area contributed by atoms with Crippen LogP contribution < -0.4 is 15.8 Å². The number of nitrogens with zero attached hydrogens (tertiary/aromatic N) is 1. The van der Waals surface area contributed by atoms with Gasteiger partial charge in [0.25, 0.3) is 5.91 Å². The summed E-state index contributed by atoms with van der Waals surface area (Å²) < 4.78 is 5.33. The number of rotatable bonds is 4. The molecule has 1 amide bonds. The molecule has 0 spiro atoms. The topological polar surface area (TPSA) is 88.1 Å². The summed E-state index contributed by atoms with van der Waals surface area (Å²) in [6.45, 7) is 3.64. The highest BCUT2D eigenvalue weighted by Crippen LogP contribution is 2.27. The highest BCUT2D eigenvalue weighted by atomic mass is 16.5. The summed E-state index contributed by atoms with van der Waals surface area (Å²) >= 11 is 0. The molecule has 0 atom stereocenters. The van der Waals surface area contributed by atoms with Crippen molar-refractivity contribution in [3.8, 4) is 11.8 Å². The molecule has 0 radical (unpaired) electrons. The van der Waals surface area contributed by atoms with Gasteiger partial charge in [0.2, 0.25) is 0 Å². The molecule has 0 saturated heterocycles. The van der Waals surface area contributed by atoms with Gasteiger partial charge >= 0.3 is 0 Å². The number of nitrogens with one attached hydrogen (secondary N) is 1. The number of nitrogens with two attached hydrogens (primary N) is 1. The van der Waals surface area contributed by atoms with Crippen LogP contribution in [0.25, 0.3) is 0 Å². The number of aryl methyl sites for hydroxylation is 2. The molecule has 0 aromatic heterocycles. The van der Waals surface area contributed by atoms with E-state index in [-0.39, 0.29) is 19.1 Å². The number of carbonyl (C=O) groups is 1. The molecule has 5 heteroatoms. The maximum Gasteiger partial charge on any atom is 0.258 e. The van der Waals surface area contributed by atoms with Crippen LogP contribution >= 0.6 is 0 Å². The van der Waals surface area contributed by atoms with E-state index in [0.717, 1.165) is 11.1 Å². The van der Waals surface area contributed by atoms with E-state index in [0.29, 0.717) is 11.4 Å². The second kappa shape index (κ2) is 5.75. The van der Waals surface area contributed by atoms with Crippen molar-refractivity contribution in [2.75, 3.05) is 18.9 Å². The minimum absolute atomic E-state index is 0.0233. The van der Waals surface area contributed by atoms with Crippen LogP contribution in [0.3, 0.4) is 0 Å². The zero-order valence-corrected chi connectivity index (χ0v) is 9.91. The highest BCUT2D eigenvalue weighted by Gasteiger charge is 2.08. The van der Waals surface area contributed by atoms with Gasteiger partial charge in [-0.3, -0.25) is 4.79 Å². The number of ether oxygens (including phenoxy) is 1. The molecule has 1 aromatic rings. The first-order chi connectivity index (χ1) is 8.04. The zero-order valence-electron chi connectivity index (χ0n) is 9.91. The third-order valence-corrected chi connectivity index (χ3v) is 2.16. The molecule has 0 heterocycles.